The van der Waals surface area contributed by atoms with Gasteiger partial charge < -0.3 is 11.1 Å². The Bertz CT molecular complexity index is 859. The molecule has 1 heterocycles. The maximum Gasteiger partial charge on any atom is 0.227 e. The van der Waals surface area contributed by atoms with E-state index < -0.39 is 5.41 Å². The van der Waals surface area contributed by atoms with E-state index in [1.165, 1.54) is 12.0 Å². The van der Waals surface area contributed by atoms with Gasteiger partial charge in [-0.25, -0.2) is 0 Å². The molecule has 0 radical (unpaired) electrons. The molecule has 168 valence electrons. The number of likely N-dealkylation sites (tertiary alicyclic amines) is 1. The summed E-state index contributed by atoms with van der Waals surface area (Å²) in [6, 6.07) is 8.09. The lowest BCUT2D eigenvalue weighted by Gasteiger charge is -2.58. The topological polar surface area (TPSA) is 75.4 Å². The summed E-state index contributed by atoms with van der Waals surface area (Å²) in [5.74, 6) is 1.85. The number of carbonyl (C=O) groups is 2. The Labute approximate surface area is 190 Å². The Morgan fingerprint density at radius 2 is 1.90 bits per heavy atom. The normalized spacial score (nSPS) is 39.4. The van der Waals surface area contributed by atoms with Crippen LogP contribution in [0.1, 0.15) is 51.0 Å². The van der Waals surface area contributed by atoms with Gasteiger partial charge >= 0.3 is 0 Å². The second-order valence-corrected chi connectivity index (χ2v) is 11.4. The number of nitrogens with one attached hydrogen (secondary N) is 1. The van der Waals surface area contributed by atoms with Crippen molar-refractivity contribution in [3.63, 3.8) is 0 Å². The minimum absolute atomic E-state index is 0.0568. The molecule has 0 spiro atoms. The minimum Gasteiger partial charge on any atom is -0.369 e. The summed E-state index contributed by atoms with van der Waals surface area (Å²) in [6.07, 6.45) is 6.36. The van der Waals surface area contributed by atoms with E-state index in [-0.39, 0.29) is 29.7 Å². The Hall–Kier alpha value is -1.59. The highest BCUT2D eigenvalue weighted by Gasteiger charge is 2.56. The molecular weight excluding hydrogens is 410 g/mol. The number of hydrogen-bond acceptors (Lipinski definition) is 3. The van der Waals surface area contributed by atoms with Crippen molar-refractivity contribution in [2.75, 3.05) is 13.1 Å². The molecule has 3 N–H and O–H groups in total. The molecule has 4 bridgehead atoms. The third kappa shape index (κ3) is 4.00. The lowest BCUT2D eigenvalue weighted by atomic mass is 9.49. The maximum atomic E-state index is 13.6. The Balaban J connectivity index is 1.27. The van der Waals surface area contributed by atoms with E-state index in [2.05, 4.69) is 29.3 Å². The summed E-state index contributed by atoms with van der Waals surface area (Å²) in [6.45, 7) is 4.71. The lowest BCUT2D eigenvalue weighted by Crippen LogP contribution is -2.63. The number of amides is 2. The monoisotopic (exact) mass is 443 g/mol. The molecule has 31 heavy (non-hydrogen) atoms. The molecule has 6 rings (SSSR count). The van der Waals surface area contributed by atoms with Crippen LogP contribution in [0.3, 0.4) is 0 Å². The van der Waals surface area contributed by atoms with Crippen LogP contribution < -0.4 is 11.1 Å². The number of carbonyl (C=O) groups excluding carboxylic acids is 2. The largest absolute Gasteiger partial charge is 0.369 e. The van der Waals surface area contributed by atoms with E-state index in [1.807, 2.05) is 12.1 Å². The summed E-state index contributed by atoms with van der Waals surface area (Å²) in [5, 5.41) is 4.20. The van der Waals surface area contributed by atoms with Gasteiger partial charge in [0.25, 0.3) is 0 Å². The Kier molecular flexibility index (Phi) is 5.54. The number of piperidine rings is 1. The molecule has 2 amide bonds. The number of hydrogen-bond donors (Lipinski definition) is 2. The molecular formula is C25H34ClN3O2. The predicted molar refractivity (Wildman–Crippen MR) is 121 cm³/mol. The molecule has 5 aliphatic rings. The molecule has 1 aromatic carbocycles. The summed E-state index contributed by atoms with van der Waals surface area (Å²) >= 11 is 6.02. The first kappa shape index (κ1) is 21.3. The van der Waals surface area contributed by atoms with E-state index in [4.69, 9.17) is 17.3 Å². The number of rotatable bonds is 5. The van der Waals surface area contributed by atoms with E-state index in [1.54, 1.807) is 0 Å². The number of primary amides is 1. The zero-order valence-electron chi connectivity index (χ0n) is 18.4. The standard InChI is InChI=1S/C25H34ClN3O2/c1-25(7-2-8-29(14-25)13-15-3-5-19(26)6-4-15)24(31)28-22-18-10-16-9-17(12-18)21(23(27)30)20(22)11-16/h3-6,16-18,20-22H,2,7-14H2,1H3,(H2,27,30)(H,28,31). The summed E-state index contributed by atoms with van der Waals surface area (Å²) in [4.78, 5) is 28.2. The zero-order chi connectivity index (χ0) is 21.8. The van der Waals surface area contributed by atoms with Crippen molar-refractivity contribution in [2.24, 2.45) is 40.7 Å². The zero-order valence-corrected chi connectivity index (χ0v) is 19.1. The predicted octanol–water partition coefficient (Wildman–Crippen LogP) is 3.59. The average Bonchev–Trinajstić information content (AvgIpc) is 2.71. The lowest BCUT2D eigenvalue weighted by molar-refractivity contribution is -0.146. The van der Waals surface area contributed by atoms with Gasteiger partial charge in [-0.15, -0.1) is 0 Å². The summed E-state index contributed by atoms with van der Waals surface area (Å²) < 4.78 is 0. The van der Waals surface area contributed by atoms with Crippen molar-refractivity contribution in [1.29, 1.82) is 0 Å². The second-order valence-electron chi connectivity index (χ2n) is 10.9. The van der Waals surface area contributed by atoms with Crippen molar-refractivity contribution >= 4 is 23.4 Å². The van der Waals surface area contributed by atoms with Gasteiger partial charge in [-0.05, 0) is 93.4 Å². The van der Waals surface area contributed by atoms with Gasteiger partial charge in [-0.2, -0.15) is 0 Å². The number of halogens is 1. The maximum absolute atomic E-state index is 13.6. The van der Waals surface area contributed by atoms with Gasteiger partial charge in [0.05, 0.1) is 5.41 Å². The highest BCUT2D eigenvalue weighted by molar-refractivity contribution is 6.30. The molecule has 1 aliphatic heterocycles. The van der Waals surface area contributed by atoms with Gasteiger partial charge in [0.1, 0.15) is 0 Å². The van der Waals surface area contributed by atoms with Gasteiger partial charge in [0.2, 0.25) is 11.8 Å². The van der Waals surface area contributed by atoms with Crippen molar-refractivity contribution in [2.45, 2.75) is 58.0 Å². The summed E-state index contributed by atoms with van der Waals surface area (Å²) in [7, 11) is 0. The van der Waals surface area contributed by atoms with Crippen LogP contribution in [0.15, 0.2) is 24.3 Å². The van der Waals surface area contributed by atoms with E-state index in [0.717, 1.165) is 62.7 Å². The van der Waals surface area contributed by atoms with Gasteiger partial charge in [-0.1, -0.05) is 23.7 Å². The van der Waals surface area contributed by atoms with Crippen LogP contribution in [0.25, 0.3) is 0 Å². The molecule has 7 unspecified atom stereocenters. The van der Waals surface area contributed by atoms with E-state index >= 15 is 0 Å². The molecule has 4 saturated carbocycles. The van der Waals surface area contributed by atoms with Crippen LogP contribution in [0.2, 0.25) is 5.02 Å². The fourth-order valence-corrected chi connectivity index (χ4v) is 7.55. The summed E-state index contributed by atoms with van der Waals surface area (Å²) in [5.41, 5.74) is 6.63. The fourth-order valence-electron chi connectivity index (χ4n) is 7.42. The number of benzene rings is 1. The van der Waals surface area contributed by atoms with Crippen LogP contribution in [0.4, 0.5) is 0 Å². The average molecular weight is 444 g/mol. The fraction of sp³-hybridized carbons (Fsp3) is 0.680. The molecule has 5 nitrogen and oxygen atoms in total. The van der Waals surface area contributed by atoms with E-state index in [0.29, 0.717) is 11.8 Å². The van der Waals surface area contributed by atoms with Crippen LogP contribution in [-0.2, 0) is 16.1 Å². The van der Waals surface area contributed by atoms with Crippen molar-refractivity contribution in [3.05, 3.63) is 34.9 Å². The number of nitrogens with zero attached hydrogens (tertiary/aromatic N) is 1. The first-order valence-electron chi connectivity index (χ1n) is 11.9. The van der Waals surface area contributed by atoms with Gasteiger partial charge in [-0.3, -0.25) is 14.5 Å². The molecule has 1 aromatic rings. The first-order chi connectivity index (χ1) is 14.8. The van der Waals surface area contributed by atoms with Crippen LogP contribution in [-0.4, -0.2) is 35.8 Å². The smallest absolute Gasteiger partial charge is 0.227 e. The third-order valence-electron chi connectivity index (χ3n) is 8.69. The van der Waals surface area contributed by atoms with Crippen LogP contribution in [0, 0.1) is 35.0 Å². The quantitative estimate of drug-likeness (QED) is 0.730. The highest BCUT2D eigenvalue weighted by atomic mass is 35.5. The molecule has 5 fully saturated rings. The van der Waals surface area contributed by atoms with Crippen LogP contribution >= 0.6 is 11.6 Å². The first-order valence-corrected chi connectivity index (χ1v) is 12.3. The molecule has 0 aromatic heterocycles. The molecule has 4 aliphatic carbocycles. The van der Waals surface area contributed by atoms with Crippen molar-refractivity contribution in [3.8, 4) is 0 Å². The van der Waals surface area contributed by atoms with Gasteiger partial charge in [0.15, 0.2) is 0 Å². The SMILES string of the molecule is CC1(C(=O)NC2C3CC4CC(C3)C(C(N)=O)C2C4)CCCN(Cc2ccc(Cl)cc2)C1. The van der Waals surface area contributed by atoms with Gasteiger partial charge in [0, 0.05) is 30.1 Å². The number of nitrogens with two attached hydrogens (primary N) is 1. The van der Waals surface area contributed by atoms with Crippen molar-refractivity contribution in [1.82, 2.24) is 10.2 Å². The third-order valence-corrected chi connectivity index (χ3v) is 8.94. The molecule has 7 atom stereocenters. The van der Waals surface area contributed by atoms with Crippen LogP contribution in [0.5, 0.6) is 0 Å². The second kappa shape index (κ2) is 8.08. The Morgan fingerprint density at radius 1 is 1.16 bits per heavy atom. The molecule has 6 heteroatoms. The van der Waals surface area contributed by atoms with E-state index in [9.17, 15) is 9.59 Å². The minimum atomic E-state index is -0.401. The van der Waals surface area contributed by atoms with Crippen molar-refractivity contribution < 1.29 is 9.59 Å². The molecule has 1 saturated heterocycles. The Morgan fingerprint density at radius 3 is 2.65 bits per heavy atom. The highest BCUT2D eigenvalue weighted by Crippen LogP contribution is 2.56.